The molecule has 0 saturated heterocycles. The third kappa shape index (κ3) is 48.6. The van der Waals surface area contributed by atoms with Gasteiger partial charge < -0.3 is 0 Å². The van der Waals surface area contributed by atoms with Crippen molar-refractivity contribution in [3.8, 4) is 0 Å². The van der Waals surface area contributed by atoms with Gasteiger partial charge in [-0.2, -0.15) is 0 Å². The number of rotatable bonds is 22. The van der Waals surface area contributed by atoms with Gasteiger partial charge in [-0.1, -0.05) is 202 Å². The molecule has 0 aromatic rings. The second kappa shape index (κ2) is 40.4. The molecule has 0 aromatic heterocycles. The van der Waals surface area contributed by atoms with Crippen LogP contribution in [0.15, 0.2) is 0 Å². The topological polar surface area (TPSA) is 0 Å². The molecule has 0 rings (SSSR count). The van der Waals surface area contributed by atoms with E-state index < -0.39 is 0 Å². The molecule has 0 heterocycles. The van der Waals surface area contributed by atoms with Crippen molar-refractivity contribution in [1.82, 2.24) is 0 Å². The Morgan fingerprint density at radius 1 is 0.161 bits per heavy atom. The summed E-state index contributed by atoms with van der Waals surface area (Å²) in [6.07, 6.45) is 35.9. The van der Waals surface area contributed by atoms with Gasteiger partial charge in [0, 0.05) is 0 Å². The Balaban J connectivity index is -0.000000392. The number of hydrogen-bond acceptors (Lipinski definition) is 0. The van der Waals surface area contributed by atoms with Gasteiger partial charge in [0.25, 0.3) is 0 Å². The van der Waals surface area contributed by atoms with Gasteiger partial charge in [0.2, 0.25) is 0 Å². The first-order valence-electron chi connectivity index (χ1n) is 15.2. The van der Waals surface area contributed by atoms with Crippen LogP contribution in [-0.4, -0.2) is 0 Å². The Morgan fingerprint density at radius 3 is 0.355 bits per heavy atom. The molecule has 0 aliphatic carbocycles. The minimum Gasteiger partial charge on any atom is -0.0654 e. The molecule has 0 saturated carbocycles. The summed E-state index contributed by atoms with van der Waals surface area (Å²) in [5.74, 6) is 0. The standard InChI is InChI=1S/C13H28.C10H22.C8H18/c1-3-5-7-9-11-13-12-10-8-6-4-2;1-3-5-7-9-10-8-6-4-2;1-3-5-7-8-6-4-2/h3-13H2,1-2H3;3-10H2,1-2H3;3-8H2,1-2H3. The van der Waals surface area contributed by atoms with Crippen molar-refractivity contribution >= 4 is 0 Å². The van der Waals surface area contributed by atoms with Crippen LogP contribution < -0.4 is 0 Å². The van der Waals surface area contributed by atoms with Crippen LogP contribution in [0.25, 0.3) is 0 Å². The van der Waals surface area contributed by atoms with Gasteiger partial charge in [0.05, 0.1) is 0 Å². The first-order valence-corrected chi connectivity index (χ1v) is 15.2. The lowest BCUT2D eigenvalue weighted by atomic mass is 10.1. The third-order valence-corrected chi connectivity index (χ3v) is 6.12. The molecule has 31 heavy (non-hydrogen) atoms. The fourth-order valence-electron chi connectivity index (χ4n) is 3.80. The lowest BCUT2D eigenvalue weighted by Gasteiger charge is -2.00. The zero-order valence-electron chi connectivity index (χ0n) is 23.7. The summed E-state index contributed by atoms with van der Waals surface area (Å²) in [5.41, 5.74) is 0. The quantitative estimate of drug-likeness (QED) is 0.147. The largest absolute Gasteiger partial charge is 0.0654 e. The molecule has 0 radical (unpaired) electrons. The molecule has 0 bridgehead atoms. The van der Waals surface area contributed by atoms with Crippen molar-refractivity contribution in [3.05, 3.63) is 0 Å². The summed E-state index contributed by atoms with van der Waals surface area (Å²) in [7, 11) is 0. The Kier molecular flexibility index (Phi) is 46.3. The third-order valence-electron chi connectivity index (χ3n) is 6.12. The molecule has 0 nitrogen and oxygen atoms in total. The van der Waals surface area contributed by atoms with Gasteiger partial charge in [0.15, 0.2) is 0 Å². The summed E-state index contributed by atoms with van der Waals surface area (Å²) < 4.78 is 0. The van der Waals surface area contributed by atoms with Crippen LogP contribution in [0.2, 0.25) is 0 Å². The van der Waals surface area contributed by atoms with Crippen LogP contribution in [0.3, 0.4) is 0 Å². The molecule has 192 valence electrons. The molecule has 0 spiro atoms. The van der Waals surface area contributed by atoms with Crippen LogP contribution in [0.5, 0.6) is 0 Å². The molecule has 0 heteroatoms. The maximum Gasteiger partial charge on any atom is -0.0533 e. The smallest absolute Gasteiger partial charge is 0.0533 e. The van der Waals surface area contributed by atoms with Crippen LogP contribution in [-0.2, 0) is 0 Å². The van der Waals surface area contributed by atoms with E-state index in [4.69, 9.17) is 0 Å². The SMILES string of the molecule is CCCCCCCC.CCCCCCCCCC.CCCCCCCCCCCCC. The Labute approximate surface area is 202 Å². The molecule has 0 aliphatic rings. The van der Waals surface area contributed by atoms with Crippen molar-refractivity contribution in [3.63, 3.8) is 0 Å². The molecule has 0 aliphatic heterocycles. The van der Waals surface area contributed by atoms with Gasteiger partial charge in [-0.05, 0) is 0 Å². The van der Waals surface area contributed by atoms with Crippen LogP contribution in [0.4, 0.5) is 0 Å². The van der Waals surface area contributed by atoms with Gasteiger partial charge in [-0.25, -0.2) is 0 Å². The van der Waals surface area contributed by atoms with Crippen molar-refractivity contribution in [2.45, 2.75) is 202 Å². The fraction of sp³-hybridized carbons (Fsp3) is 1.00. The van der Waals surface area contributed by atoms with E-state index in [9.17, 15) is 0 Å². The number of unbranched alkanes of at least 4 members (excludes halogenated alkanes) is 22. The normalized spacial score (nSPS) is 10.3. The molecule has 0 amide bonds. The van der Waals surface area contributed by atoms with E-state index in [1.807, 2.05) is 0 Å². The Bertz CT molecular complexity index is 208. The van der Waals surface area contributed by atoms with E-state index in [0.29, 0.717) is 0 Å². The predicted octanol–water partition coefficient (Wildman–Crippen LogP) is 12.8. The van der Waals surface area contributed by atoms with E-state index in [2.05, 4.69) is 41.5 Å². The summed E-state index contributed by atoms with van der Waals surface area (Å²) in [6, 6.07) is 0. The molecular weight excluding hydrogens is 372 g/mol. The van der Waals surface area contributed by atoms with Gasteiger partial charge >= 0.3 is 0 Å². The van der Waals surface area contributed by atoms with Crippen LogP contribution >= 0.6 is 0 Å². The maximum absolute atomic E-state index is 2.28. The van der Waals surface area contributed by atoms with Gasteiger partial charge in [-0.15, -0.1) is 0 Å². The Hall–Kier alpha value is 0. The van der Waals surface area contributed by atoms with Crippen molar-refractivity contribution < 1.29 is 0 Å². The van der Waals surface area contributed by atoms with Crippen molar-refractivity contribution in [1.29, 1.82) is 0 Å². The average Bonchev–Trinajstić information content (AvgIpc) is 2.79. The number of hydrogen-bond donors (Lipinski definition) is 0. The molecule has 0 unspecified atom stereocenters. The molecule has 0 atom stereocenters. The van der Waals surface area contributed by atoms with Gasteiger partial charge in [0.1, 0.15) is 0 Å². The highest BCUT2D eigenvalue weighted by molar-refractivity contribution is 4.47. The van der Waals surface area contributed by atoms with Crippen molar-refractivity contribution in [2.75, 3.05) is 0 Å². The summed E-state index contributed by atoms with van der Waals surface area (Å²) >= 11 is 0. The Morgan fingerprint density at radius 2 is 0.258 bits per heavy atom. The van der Waals surface area contributed by atoms with E-state index in [0.717, 1.165) is 0 Å². The van der Waals surface area contributed by atoms with E-state index >= 15 is 0 Å². The fourth-order valence-corrected chi connectivity index (χ4v) is 3.80. The van der Waals surface area contributed by atoms with Crippen LogP contribution in [0.1, 0.15) is 202 Å². The summed E-state index contributed by atoms with van der Waals surface area (Å²) in [4.78, 5) is 0. The predicted molar refractivity (Wildman–Crippen MR) is 149 cm³/mol. The molecular formula is C31H68. The van der Waals surface area contributed by atoms with Gasteiger partial charge in [-0.3, -0.25) is 0 Å². The minimum absolute atomic E-state index is 1.36. The van der Waals surface area contributed by atoms with E-state index in [-0.39, 0.29) is 0 Å². The highest BCUT2D eigenvalue weighted by atomic mass is 14.0. The highest BCUT2D eigenvalue weighted by Crippen LogP contribution is 2.11. The maximum atomic E-state index is 2.28. The van der Waals surface area contributed by atoms with E-state index in [1.165, 1.54) is 161 Å². The monoisotopic (exact) mass is 441 g/mol. The molecule has 0 fully saturated rings. The first-order chi connectivity index (χ1) is 15.2. The molecule has 0 N–H and O–H groups in total. The van der Waals surface area contributed by atoms with Crippen molar-refractivity contribution in [2.24, 2.45) is 0 Å². The lowest BCUT2D eigenvalue weighted by molar-refractivity contribution is 0.554. The van der Waals surface area contributed by atoms with E-state index in [1.54, 1.807) is 0 Å². The second-order valence-corrected chi connectivity index (χ2v) is 9.72. The zero-order chi connectivity index (χ0) is 23.7. The lowest BCUT2D eigenvalue weighted by Crippen LogP contribution is -1.80. The highest BCUT2D eigenvalue weighted by Gasteiger charge is 1.91. The second-order valence-electron chi connectivity index (χ2n) is 9.72. The zero-order valence-corrected chi connectivity index (χ0v) is 23.7. The summed E-state index contributed by atoms with van der Waals surface area (Å²) in [5, 5.41) is 0. The minimum atomic E-state index is 1.36. The molecule has 0 aromatic carbocycles. The average molecular weight is 441 g/mol. The first kappa shape index (κ1) is 35.6. The summed E-state index contributed by atoms with van der Waals surface area (Å²) in [6.45, 7) is 13.6. The van der Waals surface area contributed by atoms with Crippen LogP contribution in [0, 0.1) is 0 Å².